The van der Waals surface area contributed by atoms with Crippen LogP contribution in [0.4, 0.5) is 8.78 Å². The maximum Gasteiger partial charge on any atom is 0.349 e. The second-order valence-electron chi connectivity index (χ2n) is 5.52. The minimum atomic E-state index is -3.58. The fourth-order valence-electron chi connectivity index (χ4n) is 2.81. The number of alkyl halides is 2. The number of hydrogen-bond acceptors (Lipinski definition) is 2. The Morgan fingerprint density at radius 3 is 2.55 bits per heavy atom. The van der Waals surface area contributed by atoms with E-state index in [-0.39, 0.29) is 24.9 Å². The van der Waals surface area contributed by atoms with Gasteiger partial charge in [-0.1, -0.05) is 30.3 Å². The fraction of sp³-hybridized carbons (Fsp3) is 0.500. The van der Waals surface area contributed by atoms with Gasteiger partial charge >= 0.3 is 11.9 Å². The molecule has 1 amide bonds. The number of hydrogen-bond donors (Lipinski definition) is 1. The third-order valence-corrected chi connectivity index (χ3v) is 3.98. The van der Waals surface area contributed by atoms with Gasteiger partial charge in [-0.25, -0.2) is 0 Å². The largest absolute Gasteiger partial charge is 0.481 e. The van der Waals surface area contributed by atoms with Crippen molar-refractivity contribution in [1.82, 2.24) is 4.90 Å². The van der Waals surface area contributed by atoms with Crippen LogP contribution in [0.3, 0.4) is 0 Å². The van der Waals surface area contributed by atoms with Crippen molar-refractivity contribution in [2.24, 2.45) is 0 Å². The average molecular weight is 311 g/mol. The molecule has 1 aromatic carbocycles. The Bertz CT molecular complexity index is 533. The lowest BCUT2D eigenvalue weighted by Crippen LogP contribution is -2.49. The smallest absolute Gasteiger partial charge is 0.349 e. The lowest BCUT2D eigenvalue weighted by Gasteiger charge is -2.37. The van der Waals surface area contributed by atoms with E-state index in [1.165, 1.54) is 29.2 Å². The molecule has 0 bridgehead atoms. The summed E-state index contributed by atoms with van der Waals surface area (Å²) in [6, 6.07) is 6.58. The molecule has 6 heteroatoms. The molecule has 1 unspecified atom stereocenters. The molecule has 0 saturated carbocycles. The van der Waals surface area contributed by atoms with Gasteiger partial charge in [0, 0.05) is 24.6 Å². The van der Waals surface area contributed by atoms with Crippen molar-refractivity contribution in [2.45, 2.75) is 44.1 Å². The molecule has 1 aliphatic heterocycles. The molecule has 1 atom stereocenters. The Labute approximate surface area is 127 Å². The summed E-state index contributed by atoms with van der Waals surface area (Å²) in [7, 11) is 0. The average Bonchev–Trinajstić information content (AvgIpc) is 2.53. The van der Waals surface area contributed by atoms with Gasteiger partial charge in [0.2, 0.25) is 0 Å². The van der Waals surface area contributed by atoms with E-state index in [4.69, 9.17) is 5.11 Å². The lowest BCUT2D eigenvalue weighted by atomic mass is 9.96. The zero-order chi connectivity index (χ0) is 16.2. The monoisotopic (exact) mass is 311 g/mol. The van der Waals surface area contributed by atoms with Gasteiger partial charge in [0.05, 0.1) is 0 Å². The fourth-order valence-corrected chi connectivity index (χ4v) is 2.81. The topological polar surface area (TPSA) is 57.6 Å². The Morgan fingerprint density at radius 2 is 1.91 bits per heavy atom. The molecular formula is C16H19F2NO3. The molecule has 1 N–H and O–H groups in total. The van der Waals surface area contributed by atoms with E-state index < -0.39 is 23.8 Å². The van der Waals surface area contributed by atoms with Crippen molar-refractivity contribution in [3.05, 3.63) is 35.9 Å². The van der Waals surface area contributed by atoms with E-state index in [1.54, 1.807) is 6.07 Å². The highest BCUT2D eigenvalue weighted by Crippen LogP contribution is 2.33. The molecule has 1 heterocycles. The van der Waals surface area contributed by atoms with Crippen molar-refractivity contribution in [3.63, 3.8) is 0 Å². The molecule has 1 aliphatic rings. The molecule has 0 aliphatic carbocycles. The van der Waals surface area contributed by atoms with Gasteiger partial charge in [0.15, 0.2) is 0 Å². The number of amides is 1. The Kier molecular flexibility index (Phi) is 5.11. The van der Waals surface area contributed by atoms with Crippen LogP contribution in [-0.2, 0) is 15.5 Å². The quantitative estimate of drug-likeness (QED) is 0.909. The third kappa shape index (κ3) is 3.61. The number of aliphatic carboxylic acids is 1. The summed E-state index contributed by atoms with van der Waals surface area (Å²) >= 11 is 0. The maximum atomic E-state index is 14.4. The van der Waals surface area contributed by atoms with Crippen molar-refractivity contribution < 1.29 is 23.5 Å². The number of rotatable bonds is 5. The van der Waals surface area contributed by atoms with Crippen molar-refractivity contribution in [3.8, 4) is 0 Å². The number of likely N-dealkylation sites (tertiary alicyclic amines) is 1. The Balaban J connectivity index is 2.16. The minimum absolute atomic E-state index is 0.120. The van der Waals surface area contributed by atoms with E-state index in [9.17, 15) is 18.4 Å². The van der Waals surface area contributed by atoms with Gasteiger partial charge in [0.1, 0.15) is 0 Å². The van der Waals surface area contributed by atoms with Crippen LogP contribution in [0.5, 0.6) is 0 Å². The second kappa shape index (κ2) is 6.85. The summed E-state index contributed by atoms with van der Waals surface area (Å²) in [5.74, 6) is -5.79. The molecule has 2 rings (SSSR count). The molecule has 0 radical (unpaired) electrons. The SMILES string of the molecule is O=C(O)CCC1CCCCN1C(=O)C(F)(F)c1ccccc1. The molecule has 1 aromatic rings. The summed E-state index contributed by atoms with van der Waals surface area (Å²) in [5, 5.41) is 8.76. The summed E-state index contributed by atoms with van der Waals surface area (Å²) in [6.07, 6.45) is 2.16. The zero-order valence-corrected chi connectivity index (χ0v) is 12.2. The Morgan fingerprint density at radius 1 is 1.23 bits per heavy atom. The first-order valence-corrected chi connectivity index (χ1v) is 7.39. The van der Waals surface area contributed by atoms with Gasteiger partial charge in [-0.2, -0.15) is 8.78 Å². The van der Waals surface area contributed by atoms with Gasteiger partial charge in [-0.05, 0) is 25.7 Å². The molecule has 4 nitrogen and oxygen atoms in total. The first-order chi connectivity index (χ1) is 10.4. The number of nitrogens with zero attached hydrogens (tertiary/aromatic N) is 1. The minimum Gasteiger partial charge on any atom is -0.481 e. The van der Waals surface area contributed by atoms with Gasteiger partial charge in [-0.3, -0.25) is 9.59 Å². The van der Waals surface area contributed by atoms with Crippen LogP contribution in [0.25, 0.3) is 0 Å². The molecule has 22 heavy (non-hydrogen) atoms. The van der Waals surface area contributed by atoms with Crippen LogP contribution in [-0.4, -0.2) is 34.5 Å². The molecule has 120 valence electrons. The summed E-state index contributed by atoms with van der Waals surface area (Å²) in [5.41, 5.74) is -0.331. The van der Waals surface area contributed by atoms with E-state index in [0.717, 1.165) is 6.42 Å². The highest BCUT2D eigenvalue weighted by atomic mass is 19.3. The normalized spacial score (nSPS) is 19.0. The lowest BCUT2D eigenvalue weighted by molar-refractivity contribution is -0.163. The highest BCUT2D eigenvalue weighted by Gasteiger charge is 2.45. The van der Waals surface area contributed by atoms with E-state index in [2.05, 4.69) is 0 Å². The second-order valence-corrected chi connectivity index (χ2v) is 5.52. The first-order valence-electron chi connectivity index (χ1n) is 7.39. The van der Waals surface area contributed by atoms with Crippen molar-refractivity contribution in [2.75, 3.05) is 6.54 Å². The van der Waals surface area contributed by atoms with Crippen LogP contribution in [0.2, 0.25) is 0 Å². The van der Waals surface area contributed by atoms with E-state index in [0.29, 0.717) is 12.8 Å². The standard InChI is InChI=1S/C16H19F2NO3/c17-16(18,12-6-2-1-3-7-12)15(22)19-11-5-4-8-13(19)9-10-14(20)21/h1-3,6-7,13H,4-5,8-11H2,(H,20,21). The first kappa shape index (κ1) is 16.4. The molecule has 1 fully saturated rings. The molecular weight excluding hydrogens is 292 g/mol. The third-order valence-electron chi connectivity index (χ3n) is 3.98. The summed E-state index contributed by atoms with van der Waals surface area (Å²) in [6.45, 7) is 0.255. The van der Waals surface area contributed by atoms with Gasteiger partial charge in [-0.15, -0.1) is 0 Å². The van der Waals surface area contributed by atoms with Crippen molar-refractivity contribution in [1.29, 1.82) is 0 Å². The zero-order valence-electron chi connectivity index (χ0n) is 12.2. The highest BCUT2D eigenvalue weighted by molar-refractivity contribution is 5.85. The summed E-state index contributed by atoms with van der Waals surface area (Å²) in [4.78, 5) is 24.2. The molecule has 0 aromatic heterocycles. The number of piperidine rings is 1. The number of carboxylic acids is 1. The van der Waals surface area contributed by atoms with Crippen LogP contribution in [0.15, 0.2) is 30.3 Å². The van der Waals surface area contributed by atoms with Crippen LogP contribution >= 0.6 is 0 Å². The van der Waals surface area contributed by atoms with E-state index in [1.807, 2.05) is 0 Å². The van der Waals surface area contributed by atoms with Crippen LogP contribution in [0.1, 0.15) is 37.7 Å². The number of carboxylic acid groups (broad SMARTS) is 1. The van der Waals surface area contributed by atoms with Gasteiger partial charge < -0.3 is 10.0 Å². The molecule has 1 saturated heterocycles. The number of carbonyl (C=O) groups excluding carboxylic acids is 1. The predicted octanol–water partition coefficient (Wildman–Crippen LogP) is 3.02. The Hall–Kier alpha value is -1.98. The number of benzene rings is 1. The van der Waals surface area contributed by atoms with Crippen LogP contribution in [0, 0.1) is 0 Å². The van der Waals surface area contributed by atoms with Gasteiger partial charge in [0.25, 0.3) is 5.91 Å². The number of halogens is 2. The maximum absolute atomic E-state index is 14.4. The number of carbonyl (C=O) groups is 2. The predicted molar refractivity (Wildman–Crippen MR) is 76.6 cm³/mol. The van der Waals surface area contributed by atoms with Crippen molar-refractivity contribution >= 4 is 11.9 Å². The van der Waals surface area contributed by atoms with E-state index >= 15 is 0 Å². The van der Waals surface area contributed by atoms with Crippen LogP contribution < -0.4 is 0 Å². The molecule has 0 spiro atoms. The summed E-state index contributed by atoms with van der Waals surface area (Å²) < 4.78 is 28.8.